The molecule has 0 atom stereocenters. The zero-order chi connectivity index (χ0) is 8.53. The van der Waals surface area contributed by atoms with Gasteiger partial charge in [0.1, 0.15) is 0 Å². The molecule has 0 bridgehead atoms. The van der Waals surface area contributed by atoms with Gasteiger partial charge in [0.2, 0.25) is 0 Å². The second-order valence-corrected chi connectivity index (χ2v) is 1.91. The Labute approximate surface area is 82.6 Å². The molecule has 0 saturated heterocycles. The van der Waals surface area contributed by atoms with Gasteiger partial charge >= 0.3 is 27.7 Å². The topological polar surface area (TPSA) is 0 Å². The van der Waals surface area contributed by atoms with Crippen LogP contribution in [0.5, 0.6) is 0 Å². The molecule has 1 aromatic rings. The second kappa shape index (κ2) is 8.01. The molecule has 0 amide bonds. The Balaban J connectivity index is 0.000000461. The molecule has 0 aliphatic rings. The third kappa shape index (κ3) is 5.21. The van der Waals surface area contributed by atoms with E-state index in [1.165, 1.54) is 5.56 Å². The van der Waals surface area contributed by atoms with Crippen LogP contribution in [0.1, 0.15) is 12.5 Å². The van der Waals surface area contributed by atoms with E-state index in [2.05, 4.69) is 45.9 Å². The minimum atomic E-state index is 1.26. The van der Waals surface area contributed by atoms with Gasteiger partial charge in [0.25, 0.3) is 0 Å². The second-order valence-electron chi connectivity index (χ2n) is 1.91. The Bertz CT molecular complexity index is 194. The first-order chi connectivity index (χ1) is 5.43. The van der Waals surface area contributed by atoms with Crippen LogP contribution in [0.3, 0.4) is 0 Å². The summed E-state index contributed by atoms with van der Waals surface area (Å²) in [7, 11) is 4.49. The molecule has 11 heavy (non-hydrogen) atoms. The Morgan fingerprint density at radius 3 is 2.18 bits per heavy atom. The van der Waals surface area contributed by atoms with Crippen molar-refractivity contribution in [2.45, 2.75) is 6.92 Å². The summed E-state index contributed by atoms with van der Waals surface area (Å²) in [5.41, 5.74) is 1.26. The van der Waals surface area contributed by atoms with Gasteiger partial charge in [-0.25, -0.2) is 0 Å². The van der Waals surface area contributed by atoms with Crippen LogP contribution >= 0.6 is 9.53 Å². The van der Waals surface area contributed by atoms with Crippen LogP contribution in [0.2, 0.25) is 0 Å². The predicted molar refractivity (Wildman–Crippen MR) is 47.0 cm³/mol. The van der Waals surface area contributed by atoms with Gasteiger partial charge in [-0.3, -0.25) is 0 Å². The average molecular weight is 260 g/mol. The molecular formula is C9H10ClPd. The summed E-state index contributed by atoms with van der Waals surface area (Å²) in [6.45, 7) is 2.02. The molecule has 0 heterocycles. The molecule has 0 fully saturated rings. The van der Waals surface area contributed by atoms with Crippen LogP contribution in [0.4, 0.5) is 0 Å². The van der Waals surface area contributed by atoms with E-state index in [1.807, 2.05) is 31.2 Å². The van der Waals surface area contributed by atoms with Crippen molar-refractivity contribution in [3.8, 4) is 0 Å². The van der Waals surface area contributed by atoms with Crippen molar-refractivity contribution in [1.82, 2.24) is 0 Å². The number of allylic oxidation sites excluding steroid dienone is 1. The van der Waals surface area contributed by atoms with Gasteiger partial charge in [0, 0.05) is 0 Å². The molecule has 1 rings (SSSR count). The van der Waals surface area contributed by atoms with E-state index in [1.54, 1.807) is 0 Å². The van der Waals surface area contributed by atoms with Gasteiger partial charge < -0.3 is 0 Å². The number of benzene rings is 1. The number of halogens is 1. The minimum absolute atomic E-state index is 1.26. The van der Waals surface area contributed by atoms with Crippen LogP contribution in [-0.2, 0) is 18.2 Å². The maximum absolute atomic E-state index is 4.49. The summed E-state index contributed by atoms with van der Waals surface area (Å²) in [4.78, 5) is 0. The Morgan fingerprint density at radius 2 is 1.73 bits per heavy atom. The van der Waals surface area contributed by atoms with Gasteiger partial charge in [-0.1, -0.05) is 42.5 Å². The molecule has 0 aromatic heterocycles. The molecule has 0 nitrogen and oxygen atoms in total. The summed E-state index contributed by atoms with van der Waals surface area (Å²) in [6.07, 6.45) is 4.12. The number of hydrogen-bond donors (Lipinski definition) is 0. The first-order valence-corrected chi connectivity index (χ1v) is 5.23. The molecule has 0 spiro atoms. The van der Waals surface area contributed by atoms with E-state index in [0.717, 1.165) is 0 Å². The van der Waals surface area contributed by atoms with Gasteiger partial charge in [-0.2, -0.15) is 0 Å². The molecule has 0 aliphatic carbocycles. The monoisotopic (exact) mass is 259 g/mol. The Hall–Kier alpha value is -0.0877. The fourth-order valence-electron chi connectivity index (χ4n) is 0.757. The van der Waals surface area contributed by atoms with Crippen molar-refractivity contribution in [2.24, 2.45) is 0 Å². The van der Waals surface area contributed by atoms with Crippen molar-refractivity contribution in [3.05, 3.63) is 42.0 Å². The van der Waals surface area contributed by atoms with E-state index in [-0.39, 0.29) is 0 Å². The molecule has 0 saturated carbocycles. The molecular weight excluding hydrogens is 250 g/mol. The van der Waals surface area contributed by atoms with Crippen LogP contribution in [0.15, 0.2) is 36.4 Å². The van der Waals surface area contributed by atoms with E-state index in [4.69, 9.17) is 0 Å². The van der Waals surface area contributed by atoms with Crippen molar-refractivity contribution < 1.29 is 18.2 Å². The average Bonchev–Trinajstić information content (AvgIpc) is 2.11. The molecule has 0 radical (unpaired) electrons. The third-order valence-electron chi connectivity index (χ3n) is 1.16. The Morgan fingerprint density at radius 1 is 1.18 bits per heavy atom. The van der Waals surface area contributed by atoms with Crippen LogP contribution < -0.4 is 0 Å². The summed E-state index contributed by atoms with van der Waals surface area (Å²) in [5.74, 6) is 0. The van der Waals surface area contributed by atoms with Crippen molar-refractivity contribution >= 4 is 15.6 Å². The summed E-state index contributed by atoms with van der Waals surface area (Å²) >= 11 is 2.22. The van der Waals surface area contributed by atoms with Gasteiger partial charge in [0.05, 0.1) is 0 Å². The van der Waals surface area contributed by atoms with E-state index in [0.29, 0.717) is 0 Å². The van der Waals surface area contributed by atoms with E-state index < -0.39 is 0 Å². The fourth-order valence-corrected chi connectivity index (χ4v) is 0.757. The Kier molecular flexibility index (Phi) is 7.95. The van der Waals surface area contributed by atoms with Crippen molar-refractivity contribution in [2.75, 3.05) is 0 Å². The normalized spacial score (nSPS) is 9.09. The number of rotatable bonds is 1. The number of hydrogen-bond acceptors (Lipinski definition) is 0. The summed E-state index contributed by atoms with van der Waals surface area (Å²) in [6, 6.07) is 10.3. The summed E-state index contributed by atoms with van der Waals surface area (Å²) < 4.78 is 0. The maximum atomic E-state index is 4.49. The fraction of sp³-hybridized carbons (Fsp3) is 0.111. The zero-order valence-electron chi connectivity index (χ0n) is 6.24. The predicted octanol–water partition coefficient (Wildman–Crippen LogP) is 3.41. The first-order valence-electron chi connectivity index (χ1n) is 3.23. The first kappa shape index (κ1) is 10.9. The molecule has 0 aliphatic heterocycles. The van der Waals surface area contributed by atoms with Crippen molar-refractivity contribution in [3.63, 3.8) is 0 Å². The molecule has 2 heteroatoms. The van der Waals surface area contributed by atoms with Gasteiger partial charge in [-0.15, -0.1) is 0 Å². The zero-order valence-corrected chi connectivity index (χ0v) is 8.55. The van der Waals surface area contributed by atoms with Gasteiger partial charge in [-0.05, 0) is 12.5 Å². The molecule has 0 unspecified atom stereocenters. The van der Waals surface area contributed by atoms with Crippen LogP contribution in [-0.4, -0.2) is 0 Å². The quantitative estimate of drug-likeness (QED) is 0.679. The standard InChI is InChI=1S/C9H10.ClH.Pd/c1-2-6-9-7-4-3-5-8-9;;/h2-8H,1H3;1H;/q;;+1/p-1. The van der Waals surface area contributed by atoms with Crippen molar-refractivity contribution in [1.29, 1.82) is 0 Å². The van der Waals surface area contributed by atoms with E-state index in [9.17, 15) is 0 Å². The molecule has 1 aromatic carbocycles. The van der Waals surface area contributed by atoms with Crippen LogP contribution in [0, 0.1) is 0 Å². The SMILES string of the molecule is CC=Cc1ccccc1.[Cl][Pd]. The molecule has 63 valence electrons. The molecule has 0 N–H and O–H groups in total. The third-order valence-corrected chi connectivity index (χ3v) is 1.16. The van der Waals surface area contributed by atoms with Crippen LogP contribution in [0.25, 0.3) is 6.08 Å². The summed E-state index contributed by atoms with van der Waals surface area (Å²) in [5, 5.41) is 0. The van der Waals surface area contributed by atoms with E-state index >= 15 is 0 Å². The van der Waals surface area contributed by atoms with Gasteiger partial charge in [0.15, 0.2) is 0 Å².